The van der Waals surface area contributed by atoms with Crippen molar-refractivity contribution in [2.45, 2.75) is 19.9 Å². The SMILES string of the molecule is CC(C)[C@@H](NC(=O)c1ccco1)C(=O)Nc1ccc(Oc2ccncc2)cc1. The van der Waals surface area contributed by atoms with E-state index in [-0.39, 0.29) is 17.6 Å². The second-order valence-corrected chi connectivity index (χ2v) is 6.47. The van der Waals surface area contributed by atoms with Crippen molar-refractivity contribution in [2.24, 2.45) is 5.92 Å². The molecular formula is C21H21N3O4. The molecule has 28 heavy (non-hydrogen) atoms. The first kappa shape index (κ1) is 19.2. The number of hydrogen-bond acceptors (Lipinski definition) is 5. The first-order valence-corrected chi connectivity index (χ1v) is 8.86. The summed E-state index contributed by atoms with van der Waals surface area (Å²) >= 11 is 0. The molecule has 1 atom stereocenters. The van der Waals surface area contributed by atoms with E-state index in [0.717, 1.165) is 0 Å². The molecule has 1 aromatic carbocycles. The third-order valence-electron chi connectivity index (χ3n) is 3.99. The Morgan fingerprint density at radius 2 is 1.68 bits per heavy atom. The van der Waals surface area contributed by atoms with Crippen molar-refractivity contribution in [3.05, 3.63) is 72.9 Å². The monoisotopic (exact) mass is 379 g/mol. The number of furan rings is 1. The molecule has 2 N–H and O–H groups in total. The van der Waals surface area contributed by atoms with E-state index in [4.69, 9.17) is 9.15 Å². The predicted octanol–water partition coefficient (Wildman–Crippen LogP) is 3.86. The van der Waals surface area contributed by atoms with E-state index in [2.05, 4.69) is 15.6 Å². The standard InChI is InChI=1S/C21H21N3O4/c1-14(2)19(24-20(25)18-4-3-13-27-18)21(26)23-15-5-7-16(8-6-15)28-17-9-11-22-12-10-17/h3-14,19H,1-2H3,(H,23,26)(H,24,25)/t19-/m1/s1. The highest BCUT2D eigenvalue weighted by atomic mass is 16.5. The van der Waals surface area contributed by atoms with Crippen LogP contribution in [0.4, 0.5) is 5.69 Å². The molecule has 2 heterocycles. The molecule has 0 bridgehead atoms. The molecule has 2 aromatic heterocycles. The van der Waals surface area contributed by atoms with Gasteiger partial charge < -0.3 is 19.8 Å². The maximum absolute atomic E-state index is 12.6. The maximum atomic E-state index is 12.6. The Morgan fingerprint density at radius 1 is 1.00 bits per heavy atom. The molecule has 0 radical (unpaired) electrons. The fraction of sp³-hybridized carbons (Fsp3) is 0.190. The summed E-state index contributed by atoms with van der Waals surface area (Å²) in [5, 5.41) is 5.52. The molecule has 0 aliphatic heterocycles. The third-order valence-corrected chi connectivity index (χ3v) is 3.99. The van der Waals surface area contributed by atoms with E-state index >= 15 is 0 Å². The lowest BCUT2D eigenvalue weighted by Gasteiger charge is -2.21. The third kappa shape index (κ3) is 4.97. The minimum atomic E-state index is -0.703. The number of benzene rings is 1. The average Bonchev–Trinajstić information content (AvgIpc) is 3.23. The lowest BCUT2D eigenvalue weighted by Crippen LogP contribution is -2.47. The van der Waals surface area contributed by atoms with Gasteiger partial charge in [0.25, 0.3) is 5.91 Å². The summed E-state index contributed by atoms with van der Waals surface area (Å²) in [5.74, 6) is 0.630. The molecule has 0 aliphatic carbocycles. The fourth-order valence-electron chi connectivity index (χ4n) is 2.52. The van der Waals surface area contributed by atoms with Crippen LogP contribution in [0.1, 0.15) is 24.4 Å². The lowest BCUT2D eigenvalue weighted by atomic mass is 10.0. The molecule has 0 saturated heterocycles. The normalized spacial score (nSPS) is 11.7. The summed E-state index contributed by atoms with van der Waals surface area (Å²) in [6.07, 6.45) is 4.70. The zero-order valence-corrected chi connectivity index (χ0v) is 15.6. The van der Waals surface area contributed by atoms with Crippen LogP contribution >= 0.6 is 0 Å². The molecule has 0 aliphatic rings. The number of anilines is 1. The summed E-state index contributed by atoms with van der Waals surface area (Å²) in [7, 11) is 0. The Balaban J connectivity index is 1.62. The number of hydrogen-bond donors (Lipinski definition) is 2. The zero-order chi connectivity index (χ0) is 19.9. The van der Waals surface area contributed by atoms with Gasteiger partial charge in [0.15, 0.2) is 5.76 Å². The summed E-state index contributed by atoms with van der Waals surface area (Å²) in [4.78, 5) is 28.8. The first-order chi connectivity index (χ1) is 13.5. The summed E-state index contributed by atoms with van der Waals surface area (Å²) in [5.41, 5.74) is 0.602. The number of amides is 2. The van der Waals surface area contributed by atoms with Gasteiger partial charge in [-0.25, -0.2) is 0 Å². The van der Waals surface area contributed by atoms with Gasteiger partial charge in [0.1, 0.15) is 17.5 Å². The van der Waals surface area contributed by atoms with Crippen LogP contribution < -0.4 is 15.4 Å². The van der Waals surface area contributed by atoms with Gasteiger partial charge in [0.2, 0.25) is 5.91 Å². The van der Waals surface area contributed by atoms with Crippen molar-refractivity contribution in [3.63, 3.8) is 0 Å². The van der Waals surface area contributed by atoms with E-state index < -0.39 is 11.9 Å². The molecule has 0 spiro atoms. The average molecular weight is 379 g/mol. The smallest absolute Gasteiger partial charge is 0.287 e. The predicted molar refractivity (Wildman–Crippen MR) is 104 cm³/mol. The Kier molecular flexibility index (Phi) is 6.06. The van der Waals surface area contributed by atoms with Crippen LogP contribution in [0.5, 0.6) is 11.5 Å². The molecule has 3 rings (SSSR count). The van der Waals surface area contributed by atoms with E-state index in [9.17, 15) is 9.59 Å². The second kappa shape index (κ2) is 8.85. The molecule has 0 saturated carbocycles. The molecule has 7 heteroatoms. The summed E-state index contributed by atoms with van der Waals surface area (Å²) in [6.45, 7) is 3.72. The molecule has 3 aromatic rings. The van der Waals surface area contributed by atoms with Gasteiger partial charge in [-0.2, -0.15) is 0 Å². The number of nitrogens with one attached hydrogen (secondary N) is 2. The van der Waals surface area contributed by atoms with Crippen molar-refractivity contribution < 1.29 is 18.7 Å². The van der Waals surface area contributed by atoms with Crippen LogP contribution in [0.2, 0.25) is 0 Å². The van der Waals surface area contributed by atoms with Crippen molar-refractivity contribution in [1.29, 1.82) is 0 Å². The zero-order valence-electron chi connectivity index (χ0n) is 15.6. The van der Waals surface area contributed by atoms with Crippen molar-refractivity contribution in [3.8, 4) is 11.5 Å². The van der Waals surface area contributed by atoms with E-state index in [1.54, 1.807) is 60.9 Å². The van der Waals surface area contributed by atoms with Crippen molar-refractivity contribution >= 4 is 17.5 Å². The topological polar surface area (TPSA) is 93.5 Å². The molecule has 0 fully saturated rings. The van der Waals surface area contributed by atoms with Gasteiger partial charge in [-0.1, -0.05) is 13.8 Å². The number of ether oxygens (including phenoxy) is 1. The number of rotatable bonds is 7. The summed E-state index contributed by atoms with van der Waals surface area (Å²) in [6, 6.07) is 12.9. The highest BCUT2D eigenvalue weighted by molar-refractivity contribution is 6.00. The van der Waals surface area contributed by atoms with Crippen LogP contribution in [0.25, 0.3) is 0 Å². The highest BCUT2D eigenvalue weighted by Gasteiger charge is 2.25. The van der Waals surface area contributed by atoms with Crippen LogP contribution in [0.3, 0.4) is 0 Å². The van der Waals surface area contributed by atoms with Crippen LogP contribution in [0.15, 0.2) is 71.6 Å². The van der Waals surface area contributed by atoms with Gasteiger partial charge in [0.05, 0.1) is 6.26 Å². The highest BCUT2D eigenvalue weighted by Crippen LogP contribution is 2.22. The Labute approximate surface area is 162 Å². The van der Waals surface area contributed by atoms with Gasteiger partial charge in [-0.3, -0.25) is 14.6 Å². The van der Waals surface area contributed by atoms with Crippen LogP contribution in [0, 0.1) is 5.92 Å². The Hall–Kier alpha value is -3.61. The number of carbonyl (C=O) groups is 2. The minimum absolute atomic E-state index is 0.104. The van der Waals surface area contributed by atoms with Crippen molar-refractivity contribution in [2.75, 3.05) is 5.32 Å². The van der Waals surface area contributed by atoms with Gasteiger partial charge in [-0.05, 0) is 54.4 Å². The quantitative estimate of drug-likeness (QED) is 0.650. The first-order valence-electron chi connectivity index (χ1n) is 8.86. The minimum Gasteiger partial charge on any atom is -0.459 e. The van der Waals surface area contributed by atoms with Crippen LogP contribution in [-0.4, -0.2) is 22.8 Å². The summed E-state index contributed by atoms with van der Waals surface area (Å²) < 4.78 is 10.8. The lowest BCUT2D eigenvalue weighted by molar-refractivity contribution is -0.118. The van der Waals surface area contributed by atoms with Crippen molar-refractivity contribution in [1.82, 2.24) is 10.3 Å². The fourth-order valence-corrected chi connectivity index (χ4v) is 2.52. The van der Waals surface area contributed by atoms with E-state index in [1.807, 2.05) is 13.8 Å². The number of pyridine rings is 1. The largest absolute Gasteiger partial charge is 0.459 e. The Morgan fingerprint density at radius 3 is 2.29 bits per heavy atom. The van der Waals surface area contributed by atoms with E-state index in [1.165, 1.54) is 6.26 Å². The number of aromatic nitrogens is 1. The maximum Gasteiger partial charge on any atom is 0.287 e. The molecule has 2 amide bonds. The molecule has 7 nitrogen and oxygen atoms in total. The van der Waals surface area contributed by atoms with Gasteiger partial charge in [-0.15, -0.1) is 0 Å². The number of nitrogens with zero attached hydrogens (tertiary/aromatic N) is 1. The molecule has 144 valence electrons. The second-order valence-electron chi connectivity index (χ2n) is 6.47. The molecular weight excluding hydrogens is 358 g/mol. The Bertz CT molecular complexity index is 907. The molecule has 0 unspecified atom stereocenters. The van der Waals surface area contributed by atoms with Gasteiger partial charge >= 0.3 is 0 Å². The number of carbonyl (C=O) groups excluding carboxylic acids is 2. The van der Waals surface area contributed by atoms with E-state index in [0.29, 0.717) is 17.2 Å². The van der Waals surface area contributed by atoms with Crippen LogP contribution in [-0.2, 0) is 4.79 Å². The van der Waals surface area contributed by atoms with Gasteiger partial charge in [0, 0.05) is 18.1 Å².